The van der Waals surface area contributed by atoms with E-state index >= 15 is 0 Å². The van der Waals surface area contributed by atoms with Crippen LogP contribution in [0.4, 0.5) is 8.78 Å². The number of benzene rings is 1. The van der Waals surface area contributed by atoms with Crippen LogP contribution in [0.25, 0.3) is 0 Å². The summed E-state index contributed by atoms with van der Waals surface area (Å²) in [6.07, 6.45) is 5.58. The van der Waals surface area contributed by atoms with Crippen LogP contribution in [-0.2, 0) is 6.42 Å². The SMILES string of the molecule is O=C(Cc1cncnc1)c1cc(C(=O)c2c(F)ccc(Cl)c2F)c[nH]1. The van der Waals surface area contributed by atoms with Gasteiger partial charge in [0.15, 0.2) is 11.6 Å². The summed E-state index contributed by atoms with van der Waals surface area (Å²) in [7, 11) is 0. The average molecular weight is 362 g/mol. The molecule has 2 heterocycles. The van der Waals surface area contributed by atoms with E-state index in [2.05, 4.69) is 15.0 Å². The van der Waals surface area contributed by atoms with E-state index in [0.717, 1.165) is 12.1 Å². The maximum atomic E-state index is 14.0. The standard InChI is InChI=1S/C17H10ClF2N3O2/c18-11-1-2-12(19)15(16(11)20)17(25)10-4-13(23-7-10)14(24)3-9-5-21-8-22-6-9/h1-2,4-8,23H,3H2. The Balaban J connectivity index is 1.85. The number of aromatic nitrogens is 3. The Kier molecular flexibility index (Phi) is 4.67. The van der Waals surface area contributed by atoms with Gasteiger partial charge in [0.1, 0.15) is 12.1 Å². The molecule has 0 fully saturated rings. The van der Waals surface area contributed by atoms with Gasteiger partial charge in [-0.1, -0.05) is 11.6 Å². The number of carbonyl (C=O) groups is 2. The third-order valence-electron chi connectivity index (χ3n) is 3.50. The Morgan fingerprint density at radius 1 is 1.16 bits per heavy atom. The third kappa shape index (κ3) is 3.46. The molecule has 1 aromatic carbocycles. The van der Waals surface area contributed by atoms with Crippen molar-refractivity contribution < 1.29 is 18.4 Å². The Hall–Kier alpha value is -2.93. The summed E-state index contributed by atoms with van der Waals surface area (Å²) in [4.78, 5) is 34.8. The van der Waals surface area contributed by atoms with Crippen LogP contribution in [0.5, 0.6) is 0 Å². The quantitative estimate of drug-likeness (QED) is 0.558. The van der Waals surface area contributed by atoms with Crippen molar-refractivity contribution in [1.82, 2.24) is 15.0 Å². The Labute approximate surface area is 145 Å². The minimum absolute atomic E-state index is 0.0227. The van der Waals surface area contributed by atoms with E-state index < -0.39 is 23.0 Å². The third-order valence-corrected chi connectivity index (χ3v) is 3.79. The number of carbonyl (C=O) groups excluding carboxylic acids is 2. The van der Waals surface area contributed by atoms with Gasteiger partial charge < -0.3 is 4.98 Å². The molecule has 0 unspecified atom stereocenters. The molecule has 0 radical (unpaired) electrons. The molecule has 25 heavy (non-hydrogen) atoms. The molecule has 126 valence electrons. The number of Topliss-reactive ketones (excluding diaryl/α,β-unsaturated/α-hetero) is 1. The number of nitrogens with zero attached hydrogens (tertiary/aromatic N) is 2. The fourth-order valence-electron chi connectivity index (χ4n) is 2.27. The molecule has 0 aliphatic carbocycles. The molecule has 5 nitrogen and oxygen atoms in total. The number of hydrogen-bond acceptors (Lipinski definition) is 4. The minimum atomic E-state index is -1.14. The molecule has 0 aliphatic heterocycles. The lowest BCUT2D eigenvalue weighted by Gasteiger charge is -2.04. The van der Waals surface area contributed by atoms with E-state index in [4.69, 9.17) is 11.6 Å². The van der Waals surface area contributed by atoms with Crippen LogP contribution in [0, 0.1) is 11.6 Å². The van der Waals surface area contributed by atoms with Crippen molar-refractivity contribution in [3.8, 4) is 0 Å². The molecule has 0 saturated carbocycles. The van der Waals surface area contributed by atoms with Gasteiger partial charge in [-0.3, -0.25) is 9.59 Å². The monoisotopic (exact) mass is 361 g/mol. The molecule has 0 saturated heterocycles. The number of nitrogens with one attached hydrogen (secondary N) is 1. The Bertz CT molecular complexity index is 958. The van der Waals surface area contributed by atoms with E-state index in [-0.39, 0.29) is 28.5 Å². The van der Waals surface area contributed by atoms with Crippen LogP contribution in [0.2, 0.25) is 5.02 Å². The van der Waals surface area contributed by atoms with Crippen molar-refractivity contribution in [3.05, 3.63) is 82.2 Å². The fraction of sp³-hybridized carbons (Fsp3) is 0.0588. The maximum Gasteiger partial charge on any atom is 0.200 e. The highest BCUT2D eigenvalue weighted by Gasteiger charge is 2.23. The van der Waals surface area contributed by atoms with Crippen LogP contribution < -0.4 is 0 Å². The number of ketones is 2. The molecule has 8 heteroatoms. The first kappa shape index (κ1) is 16.9. The van der Waals surface area contributed by atoms with Gasteiger partial charge in [-0.05, 0) is 23.8 Å². The highest BCUT2D eigenvalue weighted by molar-refractivity contribution is 6.31. The van der Waals surface area contributed by atoms with Gasteiger partial charge in [-0.25, -0.2) is 18.7 Å². The first-order valence-corrected chi connectivity index (χ1v) is 7.49. The summed E-state index contributed by atoms with van der Waals surface area (Å²) >= 11 is 5.60. The second-order valence-electron chi connectivity index (χ2n) is 5.20. The van der Waals surface area contributed by atoms with Crippen molar-refractivity contribution in [2.45, 2.75) is 6.42 Å². The number of halogens is 3. The van der Waals surface area contributed by atoms with Crippen LogP contribution in [-0.4, -0.2) is 26.5 Å². The molecule has 0 atom stereocenters. The molecule has 0 aliphatic rings. The molecule has 2 aromatic heterocycles. The average Bonchev–Trinajstić information content (AvgIpc) is 3.09. The van der Waals surface area contributed by atoms with E-state index in [0.29, 0.717) is 5.56 Å². The van der Waals surface area contributed by atoms with Crippen molar-refractivity contribution in [2.75, 3.05) is 0 Å². The molecule has 1 N–H and O–H groups in total. The van der Waals surface area contributed by atoms with Crippen LogP contribution in [0.3, 0.4) is 0 Å². The molecule has 3 rings (SSSR count). The minimum Gasteiger partial charge on any atom is -0.358 e. The van der Waals surface area contributed by atoms with Crippen molar-refractivity contribution in [2.24, 2.45) is 0 Å². The van der Waals surface area contributed by atoms with Crippen LogP contribution in [0.15, 0.2) is 43.1 Å². The van der Waals surface area contributed by atoms with E-state index in [1.165, 1.54) is 31.0 Å². The lowest BCUT2D eigenvalue weighted by atomic mass is 10.0. The topological polar surface area (TPSA) is 75.7 Å². The molecule has 0 bridgehead atoms. The molecular formula is C17H10ClF2N3O2. The summed E-state index contributed by atoms with van der Waals surface area (Å²) in [5.74, 6) is -3.39. The van der Waals surface area contributed by atoms with Crippen molar-refractivity contribution >= 4 is 23.2 Å². The van der Waals surface area contributed by atoms with Gasteiger partial charge >= 0.3 is 0 Å². The van der Waals surface area contributed by atoms with Gasteiger partial charge in [-0.15, -0.1) is 0 Å². The first-order chi connectivity index (χ1) is 12.0. The lowest BCUT2D eigenvalue weighted by molar-refractivity contribution is 0.0988. The summed E-state index contributed by atoms with van der Waals surface area (Å²) in [6, 6.07) is 3.18. The molecule has 0 amide bonds. The second kappa shape index (κ2) is 6.90. The lowest BCUT2D eigenvalue weighted by Crippen LogP contribution is -2.07. The molecular weight excluding hydrogens is 352 g/mol. The normalized spacial score (nSPS) is 10.7. The fourth-order valence-corrected chi connectivity index (χ4v) is 2.43. The summed E-state index contributed by atoms with van der Waals surface area (Å²) in [5.41, 5.74) is -0.0772. The number of rotatable bonds is 5. The smallest absolute Gasteiger partial charge is 0.200 e. The largest absolute Gasteiger partial charge is 0.358 e. The first-order valence-electron chi connectivity index (χ1n) is 7.11. The molecule has 3 aromatic rings. The predicted molar refractivity (Wildman–Crippen MR) is 85.7 cm³/mol. The zero-order chi connectivity index (χ0) is 18.0. The summed E-state index contributed by atoms with van der Waals surface area (Å²) in [5, 5.41) is -0.360. The highest BCUT2D eigenvalue weighted by Crippen LogP contribution is 2.24. The van der Waals surface area contributed by atoms with Gasteiger partial charge in [0, 0.05) is 30.6 Å². The zero-order valence-corrected chi connectivity index (χ0v) is 13.3. The van der Waals surface area contributed by atoms with Crippen molar-refractivity contribution in [1.29, 1.82) is 0 Å². The number of aromatic amines is 1. The maximum absolute atomic E-state index is 14.0. The van der Waals surface area contributed by atoms with Gasteiger partial charge in [0.2, 0.25) is 5.78 Å². The highest BCUT2D eigenvalue weighted by atomic mass is 35.5. The summed E-state index contributed by atoms with van der Waals surface area (Å²) in [6.45, 7) is 0. The number of H-pyrrole nitrogens is 1. The Morgan fingerprint density at radius 3 is 2.60 bits per heavy atom. The second-order valence-corrected chi connectivity index (χ2v) is 5.60. The van der Waals surface area contributed by atoms with E-state index in [1.54, 1.807) is 0 Å². The van der Waals surface area contributed by atoms with Crippen molar-refractivity contribution in [3.63, 3.8) is 0 Å². The van der Waals surface area contributed by atoms with Gasteiger partial charge in [0.25, 0.3) is 0 Å². The summed E-state index contributed by atoms with van der Waals surface area (Å²) < 4.78 is 27.8. The zero-order valence-electron chi connectivity index (χ0n) is 12.6. The van der Waals surface area contributed by atoms with E-state index in [9.17, 15) is 18.4 Å². The number of hydrogen-bond donors (Lipinski definition) is 1. The Morgan fingerprint density at radius 2 is 1.88 bits per heavy atom. The van der Waals surface area contributed by atoms with Crippen LogP contribution in [0.1, 0.15) is 32.0 Å². The van der Waals surface area contributed by atoms with E-state index in [1.807, 2.05) is 0 Å². The van der Waals surface area contributed by atoms with Gasteiger partial charge in [0.05, 0.1) is 16.3 Å². The molecule has 0 spiro atoms. The van der Waals surface area contributed by atoms with Crippen LogP contribution >= 0.6 is 11.6 Å². The van der Waals surface area contributed by atoms with Gasteiger partial charge in [-0.2, -0.15) is 0 Å². The predicted octanol–water partition coefficient (Wildman–Crippen LogP) is 3.39.